The maximum absolute atomic E-state index is 12.3. The van der Waals surface area contributed by atoms with Gasteiger partial charge in [0.1, 0.15) is 0 Å². The lowest BCUT2D eigenvalue weighted by atomic mass is 10.2. The fourth-order valence-corrected chi connectivity index (χ4v) is 4.85. The Morgan fingerprint density at radius 1 is 1.13 bits per heavy atom. The SMILES string of the molecule is Cc1c(Cl)cccc1N(CCCC(=O)Nc1ccc(N2CCCC2)cc1)S(C)(=O)=O. The van der Waals surface area contributed by atoms with Crippen molar-refractivity contribution in [2.75, 3.05) is 40.4 Å². The molecule has 1 saturated heterocycles. The molecule has 0 atom stereocenters. The molecule has 0 saturated carbocycles. The number of hydrogen-bond donors (Lipinski definition) is 1. The van der Waals surface area contributed by atoms with Crippen LogP contribution < -0.4 is 14.5 Å². The molecule has 0 spiro atoms. The molecule has 2 aromatic carbocycles. The Hall–Kier alpha value is -2.25. The monoisotopic (exact) mass is 449 g/mol. The minimum Gasteiger partial charge on any atom is -0.372 e. The van der Waals surface area contributed by atoms with Crippen LogP contribution in [0.25, 0.3) is 0 Å². The number of carbonyl (C=O) groups is 1. The smallest absolute Gasteiger partial charge is 0.232 e. The van der Waals surface area contributed by atoms with Crippen molar-refractivity contribution in [2.24, 2.45) is 0 Å². The summed E-state index contributed by atoms with van der Waals surface area (Å²) in [6.45, 7) is 4.15. The van der Waals surface area contributed by atoms with Gasteiger partial charge in [0.25, 0.3) is 0 Å². The zero-order chi connectivity index (χ0) is 21.7. The van der Waals surface area contributed by atoms with Crippen LogP contribution in [0.1, 0.15) is 31.2 Å². The third kappa shape index (κ3) is 5.67. The summed E-state index contributed by atoms with van der Waals surface area (Å²) in [5.74, 6) is -0.139. The summed E-state index contributed by atoms with van der Waals surface area (Å²) in [6, 6.07) is 13.0. The lowest BCUT2D eigenvalue weighted by molar-refractivity contribution is -0.116. The molecular weight excluding hydrogens is 422 g/mol. The highest BCUT2D eigenvalue weighted by Gasteiger charge is 2.20. The summed E-state index contributed by atoms with van der Waals surface area (Å²) < 4.78 is 25.9. The fourth-order valence-electron chi connectivity index (χ4n) is 3.67. The number of halogens is 1. The van der Waals surface area contributed by atoms with Gasteiger partial charge in [0.05, 0.1) is 11.9 Å². The van der Waals surface area contributed by atoms with Gasteiger partial charge in [0, 0.05) is 42.5 Å². The Balaban J connectivity index is 1.56. The van der Waals surface area contributed by atoms with Crippen molar-refractivity contribution in [3.63, 3.8) is 0 Å². The molecule has 3 rings (SSSR count). The summed E-state index contributed by atoms with van der Waals surface area (Å²) in [7, 11) is -3.49. The van der Waals surface area contributed by atoms with Gasteiger partial charge in [-0.2, -0.15) is 0 Å². The van der Waals surface area contributed by atoms with Crippen LogP contribution in [-0.2, 0) is 14.8 Å². The van der Waals surface area contributed by atoms with E-state index in [-0.39, 0.29) is 18.9 Å². The Kier molecular flexibility index (Phi) is 7.26. The highest BCUT2D eigenvalue weighted by Crippen LogP contribution is 2.28. The Bertz CT molecular complexity index is 987. The molecule has 1 N–H and O–H groups in total. The lowest BCUT2D eigenvalue weighted by Crippen LogP contribution is -2.32. The summed E-state index contributed by atoms with van der Waals surface area (Å²) in [6.07, 6.45) is 4.22. The van der Waals surface area contributed by atoms with Gasteiger partial charge in [0.15, 0.2) is 0 Å². The fraction of sp³-hybridized carbons (Fsp3) is 0.409. The van der Waals surface area contributed by atoms with Crippen LogP contribution in [0.4, 0.5) is 17.1 Å². The third-order valence-corrected chi connectivity index (χ3v) is 6.88. The molecule has 0 bridgehead atoms. The van der Waals surface area contributed by atoms with Gasteiger partial charge in [0.2, 0.25) is 15.9 Å². The van der Waals surface area contributed by atoms with E-state index in [1.54, 1.807) is 25.1 Å². The van der Waals surface area contributed by atoms with Gasteiger partial charge < -0.3 is 10.2 Å². The second-order valence-corrected chi connectivity index (χ2v) is 9.93. The number of benzene rings is 2. The maximum atomic E-state index is 12.3. The van der Waals surface area contributed by atoms with E-state index >= 15 is 0 Å². The maximum Gasteiger partial charge on any atom is 0.232 e. The van der Waals surface area contributed by atoms with E-state index < -0.39 is 10.0 Å². The first-order valence-electron chi connectivity index (χ1n) is 10.1. The van der Waals surface area contributed by atoms with Gasteiger partial charge >= 0.3 is 0 Å². The van der Waals surface area contributed by atoms with E-state index in [0.29, 0.717) is 22.7 Å². The highest BCUT2D eigenvalue weighted by molar-refractivity contribution is 7.92. The second-order valence-electron chi connectivity index (χ2n) is 7.61. The zero-order valence-corrected chi connectivity index (χ0v) is 19.0. The molecule has 0 aliphatic carbocycles. The summed E-state index contributed by atoms with van der Waals surface area (Å²) in [5.41, 5.74) is 3.16. The molecular formula is C22H28ClN3O3S. The molecule has 2 aromatic rings. The van der Waals surface area contributed by atoms with Crippen molar-refractivity contribution in [3.05, 3.63) is 53.1 Å². The standard InChI is InChI=1S/C22H28ClN3O3S/c1-17-20(23)7-5-8-21(17)26(30(2,28)29)16-6-9-22(27)24-18-10-12-19(13-11-18)25-14-3-4-15-25/h5,7-8,10-13H,3-4,6,9,14-16H2,1-2H3,(H,24,27). The quantitative estimate of drug-likeness (QED) is 0.647. The number of anilines is 3. The van der Waals surface area contributed by atoms with E-state index in [1.165, 1.54) is 22.8 Å². The first-order chi connectivity index (χ1) is 14.3. The van der Waals surface area contributed by atoms with Gasteiger partial charge in [-0.05, 0) is 68.1 Å². The number of nitrogens with one attached hydrogen (secondary N) is 1. The average Bonchev–Trinajstić information content (AvgIpc) is 3.22. The Morgan fingerprint density at radius 2 is 1.80 bits per heavy atom. The van der Waals surface area contributed by atoms with Crippen LogP contribution in [0, 0.1) is 6.92 Å². The average molecular weight is 450 g/mol. The van der Waals surface area contributed by atoms with E-state index in [0.717, 1.165) is 25.0 Å². The molecule has 1 aliphatic rings. The van der Waals surface area contributed by atoms with Crippen molar-refractivity contribution >= 4 is 44.6 Å². The summed E-state index contributed by atoms with van der Waals surface area (Å²) in [4.78, 5) is 14.7. The third-order valence-electron chi connectivity index (χ3n) is 5.30. The van der Waals surface area contributed by atoms with Crippen LogP contribution in [0.5, 0.6) is 0 Å². The van der Waals surface area contributed by atoms with Gasteiger partial charge in [-0.1, -0.05) is 17.7 Å². The van der Waals surface area contributed by atoms with Gasteiger partial charge in [-0.3, -0.25) is 9.10 Å². The highest BCUT2D eigenvalue weighted by atomic mass is 35.5. The molecule has 1 aliphatic heterocycles. The van der Waals surface area contributed by atoms with E-state index in [2.05, 4.69) is 10.2 Å². The lowest BCUT2D eigenvalue weighted by Gasteiger charge is -2.24. The van der Waals surface area contributed by atoms with Gasteiger partial charge in [-0.15, -0.1) is 0 Å². The molecule has 30 heavy (non-hydrogen) atoms. The number of hydrogen-bond acceptors (Lipinski definition) is 4. The molecule has 6 nitrogen and oxygen atoms in total. The van der Waals surface area contributed by atoms with Crippen molar-refractivity contribution < 1.29 is 13.2 Å². The molecule has 8 heteroatoms. The molecule has 0 radical (unpaired) electrons. The first kappa shape index (κ1) is 22.4. The van der Waals surface area contributed by atoms with Crippen molar-refractivity contribution in [1.29, 1.82) is 0 Å². The summed E-state index contributed by atoms with van der Waals surface area (Å²) in [5, 5.41) is 3.40. The van der Waals surface area contributed by atoms with Crippen LogP contribution in [0.2, 0.25) is 5.02 Å². The minimum atomic E-state index is -3.49. The van der Waals surface area contributed by atoms with E-state index in [1.807, 2.05) is 24.3 Å². The van der Waals surface area contributed by atoms with Crippen LogP contribution in [-0.4, -0.2) is 40.2 Å². The van der Waals surface area contributed by atoms with Gasteiger partial charge in [-0.25, -0.2) is 8.42 Å². The molecule has 0 aromatic heterocycles. The predicted molar refractivity (Wildman–Crippen MR) is 124 cm³/mol. The number of nitrogens with zero attached hydrogens (tertiary/aromatic N) is 2. The van der Waals surface area contributed by atoms with Crippen molar-refractivity contribution in [1.82, 2.24) is 0 Å². The molecule has 162 valence electrons. The molecule has 1 fully saturated rings. The number of amides is 1. The number of sulfonamides is 1. The topological polar surface area (TPSA) is 69.7 Å². The van der Waals surface area contributed by atoms with Crippen LogP contribution in [0.15, 0.2) is 42.5 Å². The van der Waals surface area contributed by atoms with E-state index in [9.17, 15) is 13.2 Å². The van der Waals surface area contributed by atoms with E-state index in [4.69, 9.17) is 11.6 Å². The largest absolute Gasteiger partial charge is 0.372 e. The number of carbonyl (C=O) groups excluding carboxylic acids is 1. The second kappa shape index (κ2) is 9.71. The molecule has 1 amide bonds. The molecule has 1 heterocycles. The van der Waals surface area contributed by atoms with Crippen molar-refractivity contribution in [2.45, 2.75) is 32.6 Å². The summed E-state index contributed by atoms with van der Waals surface area (Å²) >= 11 is 6.15. The first-order valence-corrected chi connectivity index (χ1v) is 12.4. The normalized spacial score (nSPS) is 14.0. The minimum absolute atomic E-state index is 0.139. The predicted octanol–water partition coefficient (Wildman–Crippen LogP) is 4.43. The van der Waals surface area contributed by atoms with Crippen molar-refractivity contribution in [3.8, 4) is 0 Å². The zero-order valence-electron chi connectivity index (χ0n) is 17.4. The Morgan fingerprint density at radius 3 is 2.43 bits per heavy atom. The van der Waals surface area contributed by atoms with Crippen LogP contribution >= 0.6 is 11.6 Å². The van der Waals surface area contributed by atoms with Crippen LogP contribution in [0.3, 0.4) is 0 Å². The number of rotatable bonds is 8. The Labute approximate surface area is 183 Å². The molecule has 0 unspecified atom stereocenters.